The van der Waals surface area contributed by atoms with Crippen LogP contribution in [0.4, 0.5) is 0 Å². The molecule has 0 spiro atoms. The average Bonchev–Trinajstić information content (AvgIpc) is 3.10. The fourth-order valence-corrected chi connectivity index (χ4v) is 3.55. The zero-order valence-corrected chi connectivity index (χ0v) is 13.0. The maximum absolute atomic E-state index is 5.57. The Balaban J connectivity index is 1.82. The zero-order valence-electron chi connectivity index (χ0n) is 12.1. The predicted molar refractivity (Wildman–Crippen MR) is 78.0 cm³/mol. The lowest BCUT2D eigenvalue weighted by Crippen LogP contribution is -2.35. The molecule has 1 fully saturated rings. The molecular formula is C14H20N4OS. The number of aromatic nitrogens is 3. The van der Waals surface area contributed by atoms with Crippen molar-refractivity contribution in [1.82, 2.24) is 20.4 Å². The monoisotopic (exact) mass is 292 g/mol. The van der Waals surface area contributed by atoms with Crippen LogP contribution in [-0.2, 0) is 11.8 Å². The molecule has 20 heavy (non-hydrogen) atoms. The number of aryl methyl sites for hydroxylation is 1. The molecule has 1 N–H and O–H groups in total. The Kier molecular flexibility index (Phi) is 3.60. The molecule has 0 aromatic carbocycles. The van der Waals surface area contributed by atoms with Crippen molar-refractivity contribution in [3.8, 4) is 0 Å². The van der Waals surface area contributed by atoms with Crippen LogP contribution in [0, 0.1) is 12.8 Å². The third kappa shape index (κ3) is 2.38. The van der Waals surface area contributed by atoms with Gasteiger partial charge in [0, 0.05) is 17.6 Å². The van der Waals surface area contributed by atoms with Gasteiger partial charge in [0.1, 0.15) is 5.01 Å². The molecule has 0 saturated carbocycles. The molecule has 2 aromatic rings. The van der Waals surface area contributed by atoms with Crippen LogP contribution < -0.4 is 5.32 Å². The van der Waals surface area contributed by atoms with E-state index in [0.29, 0.717) is 12.3 Å². The first-order chi connectivity index (χ1) is 9.60. The first kappa shape index (κ1) is 13.7. The van der Waals surface area contributed by atoms with Crippen LogP contribution in [0.5, 0.6) is 0 Å². The highest BCUT2D eigenvalue weighted by atomic mass is 32.1. The van der Waals surface area contributed by atoms with Crippen molar-refractivity contribution < 1.29 is 4.52 Å². The number of hydrogen-bond donors (Lipinski definition) is 1. The lowest BCUT2D eigenvalue weighted by Gasteiger charge is -2.28. The van der Waals surface area contributed by atoms with Crippen LogP contribution in [0.25, 0.3) is 0 Å². The second-order valence-electron chi connectivity index (χ2n) is 5.81. The van der Waals surface area contributed by atoms with Gasteiger partial charge in [-0.05, 0) is 25.8 Å². The summed E-state index contributed by atoms with van der Waals surface area (Å²) in [6.07, 6.45) is 1.71. The molecule has 6 heteroatoms. The Labute approximate surface area is 122 Å². The summed E-state index contributed by atoms with van der Waals surface area (Å²) in [7, 11) is 0. The minimum atomic E-state index is -0.00988. The fourth-order valence-electron chi connectivity index (χ4n) is 2.78. The summed E-state index contributed by atoms with van der Waals surface area (Å²) in [5.74, 6) is 2.00. The molecule has 1 saturated heterocycles. The van der Waals surface area contributed by atoms with E-state index < -0.39 is 0 Å². The van der Waals surface area contributed by atoms with Gasteiger partial charge in [-0.25, -0.2) is 4.98 Å². The molecule has 1 unspecified atom stereocenters. The first-order valence-corrected chi connectivity index (χ1v) is 7.93. The lowest BCUT2D eigenvalue weighted by atomic mass is 9.76. The minimum Gasteiger partial charge on any atom is -0.339 e. The van der Waals surface area contributed by atoms with Gasteiger partial charge in [-0.15, -0.1) is 11.3 Å². The molecule has 1 aliphatic heterocycles. The summed E-state index contributed by atoms with van der Waals surface area (Å²) in [6.45, 7) is 8.38. The van der Waals surface area contributed by atoms with Gasteiger partial charge in [-0.1, -0.05) is 19.0 Å². The van der Waals surface area contributed by atoms with Crippen molar-refractivity contribution in [2.45, 2.75) is 39.0 Å². The van der Waals surface area contributed by atoms with Crippen molar-refractivity contribution in [3.63, 3.8) is 0 Å². The van der Waals surface area contributed by atoms with E-state index in [1.54, 1.807) is 11.3 Å². The maximum atomic E-state index is 5.57. The summed E-state index contributed by atoms with van der Waals surface area (Å²) < 4.78 is 5.57. The van der Waals surface area contributed by atoms with Gasteiger partial charge in [0.2, 0.25) is 5.89 Å². The molecule has 3 rings (SSSR count). The van der Waals surface area contributed by atoms with E-state index in [4.69, 9.17) is 4.52 Å². The van der Waals surface area contributed by atoms with Crippen LogP contribution in [0.15, 0.2) is 9.90 Å². The summed E-state index contributed by atoms with van der Waals surface area (Å²) in [5.41, 5.74) is 1.04. The van der Waals surface area contributed by atoms with Crippen LogP contribution in [0.2, 0.25) is 0 Å². The van der Waals surface area contributed by atoms with Gasteiger partial charge in [-0.3, -0.25) is 0 Å². The number of thiazole rings is 1. The van der Waals surface area contributed by atoms with E-state index in [0.717, 1.165) is 41.9 Å². The van der Waals surface area contributed by atoms with Crippen LogP contribution in [0.1, 0.15) is 42.7 Å². The van der Waals surface area contributed by atoms with E-state index in [2.05, 4.69) is 34.3 Å². The van der Waals surface area contributed by atoms with E-state index >= 15 is 0 Å². The van der Waals surface area contributed by atoms with Crippen LogP contribution >= 0.6 is 11.3 Å². The smallest absolute Gasteiger partial charge is 0.234 e. The maximum Gasteiger partial charge on any atom is 0.234 e. The topological polar surface area (TPSA) is 63.8 Å². The number of nitrogens with one attached hydrogen (secondary N) is 1. The summed E-state index contributed by atoms with van der Waals surface area (Å²) in [4.78, 5) is 9.09. The number of rotatable bonds is 4. The second kappa shape index (κ2) is 5.26. The molecule has 3 heterocycles. The van der Waals surface area contributed by atoms with Gasteiger partial charge in [0.05, 0.1) is 11.8 Å². The minimum absolute atomic E-state index is 0.00988. The quantitative estimate of drug-likeness (QED) is 0.937. The molecule has 5 nitrogen and oxygen atoms in total. The summed E-state index contributed by atoms with van der Waals surface area (Å²) in [5, 5.41) is 10.7. The Morgan fingerprint density at radius 2 is 2.30 bits per heavy atom. The molecule has 0 amide bonds. The highest BCUT2D eigenvalue weighted by molar-refractivity contribution is 7.09. The van der Waals surface area contributed by atoms with Crippen LogP contribution in [0.3, 0.4) is 0 Å². The Morgan fingerprint density at radius 1 is 1.45 bits per heavy atom. The van der Waals surface area contributed by atoms with Gasteiger partial charge in [-0.2, -0.15) is 4.98 Å². The molecule has 2 aromatic heterocycles. The van der Waals surface area contributed by atoms with Gasteiger partial charge < -0.3 is 9.84 Å². The van der Waals surface area contributed by atoms with Gasteiger partial charge >= 0.3 is 0 Å². The van der Waals surface area contributed by atoms with E-state index in [1.807, 2.05) is 12.3 Å². The van der Waals surface area contributed by atoms with E-state index in [-0.39, 0.29) is 5.41 Å². The fraction of sp³-hybridized carbons (Fsp3) is 0.643. The van der Waals surface area contributed by atoms with E-state index in [9.17, 15) is 0 Å². The highest BCUT2D eigenvalue weighted by Crippen LogP contribution is 2.36. The van der Waals surface area contributed by atoms with Crippen molar-refractivity contribution in [3.05, 3.63) is 27.8 Å². The molecular weight excluding hydrogens is 272 g/mol. The second-order valence-corrected chi connectivity index (χ2v) is 6.76. The third-order valence-electron chi connectivity index (χ3n) is 4.16. The predicted octanol–water partition coefficient (Wildman–Crippen LogP) is 2.31. The third-order valence-corrected chi connectivity index (χ3v) is 5.13. The van der Waals surface area contributed by atoms with Crippen molar-refractivity contribution >= 4 is 11.3 Å². The largest absolute Gasteiger partial charge is 0.339 e. The van der Waals surface area contributed by atoms with Crippen LogP contribution in [-0.4, -0.2) is 28.2 Å². The SMILES string of the molecule is Cc1csc(Cc2noc(C3(C(C)C)CCNC3)n2)n1. The number of nitrogens with zero attached hydrogens (tertiary/aromatic N) is 3. The molecule has 1 aliphatic rings. The first-order valence-electron chi connectivity index (χ1n) is 7.05. The molecule has 0 radical (unpaired) electrons. The van der Waals surface area contributed by atoms with Crippen molar-refractivity contribution in [2.24, 2.45) is 5.92 Å². The Bertz CT molecular complexity index is 584. The molecule has 1 atom stereocenters. The van der Waals surface area contributed by atoms with E-state index in [1.165, 1.54) is 0 Å². The molecule has 0 aliphatic carbocycles. The normalized spacial score (nSPS) is 22.8. The van der Waals surface area contributed by atoms with Crippen molar-refractivity contribution in [2.75, 3.05) is 13.1 Å². The van der Waals surface area contributed by atoms with Gasteiger partial charge in [0.15, 0.2) is 5.82 Å². The molecule has 0 bridgehead atoms. The van der Waals surface area contributed by atoms with Crippen molar-refractivity contribution in [1.29, 1.82) is 0 Å². The summed E-state index contributed by atoms with van der Waals surface area (Å²) >= 11 is 1.65. The summed E-state index contributed by atoms with van der Waals surface area (Å²) in [6, 6.07) is 0. The number of hydrogen-bond acceptors (Lipinski definition) is 6. The Morgan fingerprint density at radius 3 is 2.90 bits per heavy atom. The standard InChI is InChI=1S/C14H20N4OS/c1-9(2)14(4-5-15-8-14)13-17-11(18-19-13)6-12-16-10(3)7-20-12/h7,9,15H,4-6,8H2,1-3H3. The Hall–Kier alpha value is -1.27. The van der Waals surface area contributed by atoms with Gasteiger partial charge in [0.25, 0.3) is 0 Å². The average molecular weight is 292 g/mol. The molecule has 108 valence electrons. The highest BCUT2D eigenvalue weighted by Gasteiger charge is 2.43. The zero-order chi connectivity index (χ0) is 14.2. The lowest BCUT2D eigenvalue weighted by molar-refractivity contribution is 0.234.